The van der Waals surface area contributed by atoms with Gasteiger partial charge in [0.05, 0.1) is 23.9 Å². The molecule has 0 saturated heterocycles. The SMILES string of the molecule is COCCCN(Cc1ccco1)C(=O)c1noc2c1COc1ccccc1-2. The van der Waals surface area contributed by atoms with Gasteiger partial charge in [0, 0.05) is 20.3 Å². The van der Waals surface area contributed by atoms with Crippen molar-refractivity contribution in [2.75, 3.05) is 20.3 Å². The average Bonchev–Trinajstić information content (AvgIpc) is 3.36. The fraction of sp³-hybridized carbons (Fsp3) is 0.300. The van der Waals surface area contributed by atoms with E-state index >= 15 is 0 Å². The van der Waals surface area contributed by atoms with Crippen molar-refractivity contribution in [3.63, 3.8) is 0 Å². The van der Waals surface area contributed by atoms with Crippen LogP contribution in [0.25, 0.3) is 11.3 Å². The van der Waals surface area contributed by atoms with E-state index in [0.29, 0.717) is 43.2 Å². The first-order valence-electron chi connectivity index (χ1n) is 8.79. The van der Waals surface area contributed by atoms with Crippen molar-refractivity contribution in [2.45, 2.75) is 19.6 Å². The molecule has 0 bridgehead atoms. The summed E-state index contributed by atoms with van der Waals surface area (Å²) in [6.45, 7) is 1.69. The highest BCUT2D eigenvalue weighted by Gasteiger charge is 2.31. The first-order valence-corrected chi connectivity index (χ1v) is 8.79. The van der Waals surface area contributed by atoms with E-state index in [2.05, 4.69) is 5.16 Å². The van der Waals surface area contributed by atoms with Gasteiger partial charge in [-0.05, 0) is 30.7 Å². The number of rotatable bonds is 7. The second-order valence-corrected chi connectivity index (χ2v) is 6.28. The summed E-state index contributed by atoms with van der Waals surface area (Å²) in [5.74, 6) is 1.82. The number of carbonyl (C=O) groups excluding carboxylic acids is 1. The van der Waals surface area contributed by atoms with E-state index in [1.807, 2.05) is 30.3 Å². The van der Waals surface area contributed by atoms with Gasteiger partial charge in [0.1, 0.15) is 18.1 Å². The van der Waals surface area contributed by atoms with Crippen LogP contribution in [-0.2, 0) is 17.9 Å². The topological polar surface area (TPSA) is 77.9 Å². The normalized spacial score (nSPS) is 12.2. The van der Waals surface area contributed by atoms with Gasteiger partial charge >= 0.3 is 0 Å². The summed E-state index contributed by atoms with van der Waals surface area (Å²) in [6.07, 6.45) is 2.30. The molecule has 4 rings (SSSR count). The molecular weight excluding hydrogens is 348 g/mol. The number of furan rings is 1. The molecule has 3 heterocycles. The fourth-order valence-electron chi connectivity index (χ4n) is 3.15. The zero-order chi connectivity index (χ0) is 18.6. The van der Waals surface area contributed by atoms with E-state index in [1.165, 1.54) is 0 Å². The number of carbonyl (C=O) groups is 1. The summed E-state index contributed by atoms with van der Waals surface area (Å²) < 4.78 is 21.8. The maximum Gasteiger partial charge on any atom is 0.276 e. The third-order valence-corrected chi connectivity index (χ3v) is 4.48. The minimum Gasteiger partial charge on any atom is -0.488 e. The van der Waals surface area contributed by atoms with Crippen molar-refractivity contribution >= 4 is 5.91 Å². The number of amides is 1. The zero-order valence-corrected chi connectivity index (χ0v) is 15.0. The van der Waals surface area contributed by atoms with Crippen LogP contribution in [0.2, 0.25) is 0 Å². The molecule has 0 spiro atoms. The molecule has 0 saturated carbocycles. The number of hydrogen-bond donors (Lipinski definition) is 0. The Hall–Kier alpha value is -3.06. The van der Waals surface area contributed by atoms with Crippen LogP contribution < -0.4 is 4.74 Å². The second-order valence-electron chi connectivity index (χ2n) is 6.28. The number of ether oxygens (including phenoxy) is 2. The summed E-state index contributed by atoms with van der Waals surface area (Å²) in [7, 11) is 1.64. The Bertz CT molecular complexity index is 916. The van der Waals surface area contributed by atoms with Gasteiger partial charge in [-0.15, -0.1) is 0 Å². The maximum atomic E-state index is 13.2. The van der Waals surface area contributed by atoms with Crippen LogP contribution in [0.1, 0.15) is 28.2 Å². The summed E-state index contributed by atoms with van der Waals surface area (Å²) >= 11 is 0. The standard InChI is InChI=1S/C20H20N2O5/c1-24-10-5-9-22(12-14-6-4-11-25-14)20(23)18-16-13-26-17-8-3-2-7-15(17)19(16)27-21-18/h2-4,6-8,11H,5,9-10,12-13H2,1H3. The smallest absolute Gasteiger partial charge is 0.276 e. The van der Waals surface area contributed by atoms with Gasteiger partial charge in [0.2, 0.25) is 0 Å². The molecule has 140 valence electrons. The van der Waals surface area contributed by atoms with Crippen molar-refractivity contribution in [1.82, 2.24) is 10.1 Å². The van der Waals surface area contributed by atoms with Crippen LogP contribution in [0.5, 0.6) is 5.75 Å². The van der Waals surface area contributed by atoms with Crippen LogP contribution in [0.3, 0.4) is 0 Å². The molecule has 0 fully saturated rings. The number of methoxy groups -OCH3 is 1. The minimum atomic E-state index is -0.213. The Morgan fingerprint density at radius 1 is 1.26 bits per heavy atom. The van der Waals surface area contributed by atoms with Crippen molar-refractivity contribution < 1.29 is 23.2 Å². The molecule has 0 unspecified atom stereocenters. The fourth-order valence-corrected chi connectivity index (χ4v) is 3.15. The molecule has 2 aromatic heterocycles. The average molecular weight is 368 g/mol. The molecule has 0 radical (unpaired) electrons. The number of para-hydroxylation sites is 1. The molecule has 1 aliphatic rings. The molecule has 7 heteroatoms. The molecule has 0 N–H and O–H groups in total. The van der Waals surface area contributed by atoms with Gasteiger partial charge in [-0.25, -0.2) is 0 Å². The van der Waals surface area contributed by atoms with Gasteiger partial charge in [0.25, 0.3) is 5.91 Å². The predicted molar refractivity (Wildman–Crippen MR) is 96.2 cm³/mol. The molecule has 1 amide bonds. The molecule has 0 aliphatic carbocycles. The van der Waals surface area contributed by atoms with Crippen molar-refractivity contribution in [3.8, 4) is 17.1 Å². The molecule has 3 aromatic rings. The Labute approximate surface area is 156 Å². The molecule has 27 heavy (non-hydrogen) atoms. The highest BCUT2D eigenvalue weighted by molar-refractivity contribution is 5.95. The van der Waals surface area contributed by atoms with Crippen LogP contribution in [0.4, 0.5) is 0 Å². The van der Waals surface area contributed by atoms with Gasteiger partial charge < -0.3 is 23.3 Å². The van der Waals surface area contributed by atoms with Gasteiger partial charge in [-0.1, -0.05) is 17.3 Å². The Kier molecular flexibility index (Phi) is 4.93. The minimum absolute atomic E-state index is 0.213. The lowest BCUT2D eigenvalue weighted by molar-refractivity contribution is 0.0698. The van der Waals surface area contributed by atoms with E-state index in [0.717, 1.165) is 11.3 Å². The lowest BCUT2D eigenvalue weighted by atomic mass is 10.0. The van der Waals surface area contributed by atoms with E-state index in [1.54, 1.807) is 24.3 Å². The van der Waals surface area contributed by atoms with E-state index < -0.39 is 0 Å². The number of benzene rings is 1. The predicted octanol–water partition coefficient (Wildman–Crippen LogP) is 3.51. The van der Waals surface area contributed by atoms with Crippen LogP contribution >= 0.6 is 0 Å². The van der Waals surface area contributed by atoms with Crippen molar-refractivity contribution in [2.24, 2.45) is 0 Å². The first-order chi connectivity index (χ1) is 13.3. The Balaban J connectivity index is 1.61. The monoisotopic (exact) mass is 368 g/mol. The zero-order valence-electron chi connectivity index (χ0n) is 15.0. The quantitative estimate of drug-likeness (QED) is 0.594. The van der Waals surface area contributed by atoms with Crippen molar-refractivity contribution in [1.29, 1.82) is 0 Å². The molecule has 1 aromatic carbocycles. The van der Waals surface area contributed by atoms with E-state index in [4.69, 9.17) is 18.4 Å². The number of fused-ring (bicyclic) bond motifs is 3. The van der Waals surface area contributed by atoms with E-state index in [-0.39, 0.29) is 18.2 Å². The Morgan fingerprint density at radius 2 is 2.15 bits per heavy atom. The summed E-state index contributed by atoms with van der Waals surface area (Å²) in [5.41, 5.74) is 1.76. The second kappa shape index (κ2) is 7.67. The molecular formula is C20H20N2O5. The van der Waals surface area contributed by atoms with Crippen LogP contribution in [0.15, 0.2) is 51.6 Å². The summed E-state index contributed by atoms with van der Waals surface area (Å²) in [4.78, 5) is 14.9. The summed E-state index contributed by atoms with van der Waals surface area (Å²) in [5, 5.41) is 4.07. The lowest BCUT2D eigenvalue weighted by Crippen LogP contribution is -2.33. The maximum absolute atomic E-state index is 13.2. The Morgan fingerprint density at radius 3 is 2.96 bits per heavy atom. The van der Waals surface area contributed by atoms with Gasteiger partial charge in [0.15, 0.2) is 11.5 Å². The summed E-state index contributed by atoms with van der Waals surface area (Å²) in [6, 6.07) is 11.2. The highest BCUT2D eigenvalue weighted by Crippen LogP contribution is 2.38. The lowest BCUT2D eigenvalue weighted by Gasteiger charge is -2.22. The third-order valence-electron chi connectivity index (χ3n) is 4.48. The molecule has 1 aliphatic heterocycles. The van der Waals surface area contributed by atoms with Crippen LogP contribution in [0, 0.1) is 0 Å². The van der Waals surface area contributed by atoms with E-state index in [9.17, 15) is 4.79 Å². The number of hydrogen-bond acceptors (Lipinski definition) is 6. The largest absolute Gasteiger partial charge is 0.488 e. The first kappa shape index (κ1) is 17.4. The molecule has 0 atom stereocenters. The number of nitrogens with zero attached hydrogens (tertiary/aromatic N) is 2. The van der Waals surface area contributed by atoms with Crippen molar-refractivity contribution in [3.05, 3.63) is 59.7 Å². The van der Waals surface area contributed by atoms with Gasteiger partial charge in [-0.3, -0.25) is 4.79 Å². The number of aromatic nitrogens is 1. The third kappa shape index (κ3) is 3.46. The van der Waals surface area contributed by atoms with Gasteiger partial charge in [-0.2, -0.15) is 0 Å². The highest BCUT2D eigenvalue weighted by atomic mass is 16.5. The van der Waals surface area contributed by atoms with Crippen LogP contribution in [-0.4, -0.2) is 36.2 Å². The molecule has 7 nitrogen and oxygen atoms in total.